The number of anilines is 1. The van der Waals surface area contributed by atoms with Gasteiger partial charge in [0, 0.05) is 17.7 Å². The van der Waals surface area contributed by atoms with Crippen LogP contribution in [0.4, 0.5) is 18.9 Å². The lowest BCUT2D eigenvalue weighted by Crippen LogP contribution is -2.16. The highest BCUT2D eigenvalue weighted by atomic mass is 19.4. The Morgan fingerprint density at radius 2 is 2.09 bits per heavy atom. The van der Waals surface area contributed by atoms with Crippen molar-refractivity contribution in [3.63, 3.8) is 0 Å². The molecule has 0 saturated heterocycles. The minimum atomic E-state index is -4.61. The molecule has 7 heteroatoms. The van der Waals surface area contributed by atoms with Crippen molar-refractivity contribution in [1.29, 1.82) is 5.41 Å². The molecule has 0 aromatic heterocycles. The molecule has 124 valence electrons. The molecule has 4 N–H and O–H groups in total. The summed E-state index contributed by atoms with van der Waals surface area (Å²) in [5.41, 5.74) is 4.81. The van der Waals surface area contributed by atoms with Crippen molar-refractivity contribution in [2.24, 2.45) is 5.73 Å². The number of hydrogen-bond donors (Lipinski definition) is 3. The van der Waals surface area contributed by atoms with E-state index < -0.39 is 17.5 Å². The zero-order valence-corrected chi connectivity index (χ0v) is 12.6. The Bertz CT molecular complexity index is 648. The van der Waals surface area contributed by atoms with Crippen LogP contribution < -0.4 is 11.1 Å². The number of halogens is 3. The number of benzene rings is 1. The summed E-state index contributed by atoms with van der Waals surface area (Å²) in [4.78, 5) is 12.0. The molecule has 23 heavy (non-hydrogen) atoms. The number of ketones is 1. The maximum absolute atomic E-state index is 12.6. The number of nitrogen functional groups attached to an aromatic ring is 1. The molecule has 0 unspecified atom stereocenters. The first-order valence-corrected chi connectivity index (χ1v) is 6.87. The number of hydrogen-bond acceptors (Lipinski definition) is 3. The van der Waals surface area contributed by atoms with E-state index >= 15 is 0 Å². The molecule has 0 atom stereocenters. The maximum Gasteiger partial charge on any atom is 0.415 e. The number of carbonyl (C=O) groups excluding carboxylic acids is 1. The van der Waals surface area contributed by atoms with Crippen LogP contribution in [0.15, 0.2) is 48.2 Å². The molecule has 1 aromatic rings. The lowest BCUT2D eigenvalue weighted by atomic mass is 10.1. The van der Waals surface area contributed by atoms with Gasteiger partial charge in [0.05, 0.1) is 11.3 Å². The fourth-order valence-corrected chi connectivity index (χ4v) is 1.72. The fourth-order valence-electron chi connectivity index (χ4n) is 1.72. The second-order valence-electron chi connectivity index (χ2n) is 4.87. The average Bonchev–Trinajstić information content (AvgIpc) is 2.46. The summed E-state index contributed by atoms with van der Waals surface area (Å²) in [6.45, 7) is 4.70. The highest BCUT2D eigenvalue weighted by molar-refractivity contribution is 5.99. The van der Waals surface area contributed by atoms with E-state index in [0.29, 0.717) is 23.7 Å². The van der Waals surface area contributed by atoms with Crippen molar-refractivity contribution in [2.75, 3.05) is 5.32 Å². The van der Waals surface area contributed by atoms with Crippen molar-refractivity contribution in [2.45, 2.75) is 25.9 Å². The van der Waals surface area contributed by atoms with Gasteiger partial charge in [-0.25, -0.2) is 0 Å². The monoisotopic (exact) mass is 325 g/mol. The van der Waals surface area contributed by atoms with E-state index in [0.717, 1.165) is 0 Å². The second kappa shape index (κ2) is 7.62. The molecule has 0 aliphatic heterocycles. The van der Waals surface area contributed by atoms with Crippen LogP contribution >= 0.6 is 0 Å². The van der Waals surface area contributed by atoms with E-state index in [2.05, 4.69) is 11.9 Å². The van der Waals surface area contributed by atoms with Crippen LogP contribution in [0.25, 0.3) is 0 Å². The van der Waals surface area contributed by atoms with E-state index in [4.69, 9.17) is 11.1 Å². The van der Waals surface area contributed by atoms with Gasteiger partial charge in [-0.1, -0.05) is 25.6 Å². The summed E-state index contributed by atoms with van der Waals surface area (Å²) >= 11 is 0. The zero-order chi connectivity index (χ0) is 17.6. The molecular weight excluding hydrogens is 307 g/mol. The molecule has 0 saturated carbocycles. The first-order valence-electron chi connectivity index (χ1n) is 6.87. The highest BCUT2D eigenvalue weighted by Gasteiger charge is 2.31. The van der Waals surface area contributed by atoms with Gasteiger partial charge in [0.2, 0.25) is 0 Å². The Morgan fingerprint density at radius 3 is 2.61 bits per heavy atom. The molecule has 0 aliphatic rings. The number of Topliss-reactive ketones (excluding diaryl/α,β-unsaturated/α-hetero) is 1. The molecule has 0 amide bonds. The smallest absolute Gasteiger partial charge is 0.384 e. The molecule has 0 spiro atoms. The third kappa shape index (κ3) is 5.61. The summed E-state index contributed by atoms with van der Waals surface area (Å²) in [7, 11) is 0. The average molecular weight is 325 g/mol. The van der Waals surface area contributed by atoms with Gasteiger partial charge in [-0.15, -0.1) is 0 Å². The lowest BCUT2D eigenvalue weighted by molar-refractivity contribution is -0.115. The van der Waals surface area contributed by atoms with Crippen molar-refractivity contribution < 1.29 is 18.0 Å². The summed E-state index contributed by atoms with van der Waals surface area (Å²) in [6.07, 6.45) is -3.31. The third-order valence-electron chi connectivity index (χ3n) is 2.91. The van der Waals surface area contributed by atoms with Gasteiger partial charge in [0.15, 0.2) is 5.78 Å². The standard InChI is InChI=1S/C16H18F3N3O/c1-3-5-14(23)13(8-10(2)16(17,18)19)22-12-7-4-6-11(9-12)15(20)21/h4,6-9,22H,2-3,5H2,1H3,(H3,20,21)/b13-8-. The van der Waals surface area contributed by atoms with Crippen LogP contribution in [-0.4, -0.2) is 17.8 Å². The normalized spacial score (nSPS) is 11.9. The quantitative estimate of drug-likeness (QED) is 0.309. The Balaban J connectivity index is 3.14. The summed E-state index contributed by atoms with van der Waals surface area (Å²) in [5.74, 6) is -0.634. The molecular formula is C16H18F3N3O. The number of carbonyl (C=O) groups is 1. The Morgan fingerprint density at radius 1 is 1.43 bits per heavy atom. The van der Waals surface area contributed by atoms with Gasteiger partial charge in [-0.05, 0) is 24.6 Å². The molecule has 0 heterocycles. The van der Waals surface area contributed by atoms with Gasteiger partial charge in [0.1, 0.15) is 5.84 Å². The molecule has 1 aromatic carbocycles. The number of amidine groups is 1. The first kappa shape index (κ1) is 18.5. The van der Waals surface area contributed by atoms with E-state index in [9.17, 15) is 18.0 Å². The van der Waals surface area contributed by atoms with Gasteiger partial charge >= 0.3 is 6.18 Å². The Kier molecular flexibility index (Phi) is 6.12. The fraction of sp³-hybridized carbons (Fsp3) is 0.250. The minimum Gasteiger partial charge on any atom is -0.384 e. The third-order valence-corrected chi connectivity index (χ3v) is 2.91. The summed E-state index contributed by atoms with van der Waals surface area (Å²) in [5, 5.41) is 10.0. The van der Waals surface area contributed by atoms with E-state index in [1.54, 1.807) is 25.1 Å². The minimum absolute atomic E-state index is 0.108. The first-order chi connectivity index (χ1) is 10.6. The number of rotatable bonds is 7. The zero-order valence-electron chi connectivity index (χ0n) is 12.6. The molecule has 0 bridgehead atoms. The molecule has 0 aliphatic carbocycles. The van der Waals surface area contributed by atoms with E-state index in [1.807, 2.05) is 0 Å². The Labute approximate surface area is 132 Å². The topological polar surface area (TPSA) is 79.0 Å². The van der Waals surface area contributed by atoms with E-state index in [1.165, 1.54) is 6.07 Å². The number of allylic oxidation sites excluding steroid dienone is 3. The largest absolute Gasteiger partial charge is 0.415 e. The van der Waals surface area contributed by atoms with Crippen LogP contribution in [0, 0.1) is 5.41 Å². The van der Waals surface area contributed by atoms with Crippen LogP contribution in [0.1, 0.15) is 25.3 Å². The highest BCUT2D eigenvalue weighted by Crippen LogP contribution is 2.26. The molecule has 1 rings (SSSR count). The van der Waals surface area contributed by atoms with Crippen LogP contribution in [-0.2, 0) is 4.79 Å². The number of nitrogens with two attached hydrogens (primary N) is 1. The van der Waals surface area contributed by atoms with Crippen molar-refractivity contribution >= 4 is 17.3 Å². The van der Waals surface area contributed by atoms with Crippen molar-refractivity contribution in [1.82, 2.24) is 0 Å². The molecule has 0 fully saturated rings. The SMILES string of the molecule is C=C(/C=C(\Nc1cccc(C(=N)N)c1)C(=O)CCC)C(F)(F)F. The van der Waals surface area contributed by atoms with Gasteiger partial charge in [-0.3, -0.25) is 10.2 Å². The van der Waals surface area contributed by atoms with Crippen LogP contribution in [0.2, 0.25) is 0 Å². The van der Waals surface area contributed by atoms with Crippen molar-refractivity contribution in [3.05, 3.63) is 53.8 Å². The second-order valence-corrected chi connectivity index (χ2v) is 4.87. The predicted octanol–water partition coefficient (Wildman–Crippen LogP) is 3.75. The van der Waals surface area contributed by atoms with Gasteiger partial charge < -0.3 is 11.1 Å². The number of nitrogens with one attached hydrogen (secondary N) is 2. The maximum atomic E-state index is 12.6. The van der Waals surface area contributed by atoms with Crippen molar-refractivity contribution in [3.8, 4) is 0 Å². The van der Waals surface area contributed by atoms with E-state index in [-0.39, 0.29) is 18.0 Å². The predicted molar refractivity (Wildman–Crippen MR) is 84.3 cm³/mol. The summed E-state index contributed by atoms with van der Waals surface area (Å²) < 4.78 is 37.9. The van der Waals surface area contributed by atoms with Gasteiger partial charge in [0.25, 0.3) is 0 Å². The molecule has 4 nitrogen and oxygen atoms in total. The van der Waals surface area contributed by atoms with Crippen LogP contribution in [0.3, 0.4) is 0 Å². The molecule has 0 radical (unpaired) electrons. The summed E-state index contributed by atoms with van der Waals surface area (Å²) in [6, 6.07) is 6.21. The lowest BCUT2D eigenvalue weighted by Gasteiger charge is -2.13. The Hall–Kier alpha value is -2.57. The van der Waals surface area contributed by atoms with Crippen LogP contribution in [0.5, 0.6) is 0 Å². The number of alkyl halides is 3. The van der Waals surface area contributed by atoms with Gasteiger partial charge in [-0.2, -0.15) is 13.2 Å².